The molecule has 0 amide bonds. The first-order valence-electron chi connectivity index (χ1n) is 10.1. The molecule has 2 atom stereocenters. The van der Waals surface area contributed by atoms with Crippen molar-refractivity contribution in [3.05, 3.63) is 29.7 Å². The molecule has 0 bridgehead atoms. The number of fused-ring (bicyclic) bond motifs is 1. The Balaban J connectivity index is 1.24. The lowest BCUT2D eigenvalue weighted by atomic mass is 9.92. The van der Waals surface area contributed by atoms with Crippen LogP contribution in [0.15, 0.2) is 18.3 Å². The zero-order chi connectivity index (χ0) is 19.2. The van der Waals surface area contributed by atoms with Crippen LogP contribution >= 0.6 is 0 Å². The van der Waals surface area contributed by atoms with Gasteiger partial charge in [-0.3, -0.25) is 4.68 Å². The predicted octanol–water partition coefficient (Wildman–Crippen LogP) is 2.64. The minimum absolute atomic E-state index is 0.434. The number of nitrogens with zero attached hydrogens (tertiary/aromatic N) is 5. The molecule has 2 aliphatic rings. The Morgan fingerprint density at radius 1 is 1.15 bits per heavy atom. The Hall–Kier alpha value is -1.79. The summed E-state index contributed by atoms with van der Waals surface area (Å²) in [7, 11) is 1.93. The normalized spacial score (nSPS) is 25.0. The molecule has 0 spiro atoms. The fourth-order valence-corrected chi connectivity index (χ4v) is 4.26. The molecule has 27 heavy (non-hydrogen) atoms. The highest BCUT2D eigenvalue weighted by atomic mass is 15.3. The third kappa shape index (κ3) is 4.22. The van der Waals surface area contributed by atoms with Gasteiger partial charge in [0.25, 0.3) is 0 Å². The van der Waals surface area contributed by atoms with Crippen molar-refractivity contribution in [2.45, 2.75) is 46.7 Å². The molecule has 6 heteroatoms. The van der Waals surface area contributed by atoms with Gasteiger partial charge in [0.05, 0.1) is 17.1 Å². The molecule has 2 aromatic rings. The van der Waals surface area contributed by atoms with Gasteiger partial charge in [-0.25, -0.2) is 0 Å². The first kappa shape index (κ1) is 18.6. The molecule has 1 N–H and O–H groups in total. The second-order valence-corrected chi connectivity index (χ2v) is 9.52. The molecule has 1 saturated heterocycles. The van der Waals surface area contributed by atoms with Crippen molar-refractivity contribution in [1.82, 2.24) is 30.2 Å². The molecular formula is C21H32N6. The zero-order valence-electron chi connectivity index (χ0n) is 17.2. The average Bonchev–Trinajstić information content (AvgIpc) is 2.92. The molecule has 1 aliphatic carbocycles. The Morgan fingerprint density at radius 3 is 2.44 bits per heavy atom. The van der Waals surface area contributed by atoms with Crippen molar-refractivity contribution in [3.8, 4) is 11.3 Å². The molecule has 2 aromatic heterocycles. The SMILES string of the molecule is Cc1nn(C)cc1-c1ccc(CNC2C3CN(CCC(C)(C)C)CC32)nn1. The fraction of sp³-hybridized carbons (Fsp3) is 0.667. The van der Waals surface area contributed by atoms with Crippen LogP contribution in [0.2, 0.25) is 0 Å². The monoisotopic (exact) mass is 368 g/mol. The van der Waals surface area contributed by atoms with Gasteiger partial charge in [0, 0.05) is 44.5 Å². The second kappa shape index (κ2) is 6.99. The zero-order valence-corrected chi connectivity index (χ0v) is 17.2. The van der Waals surface area contributed by atoms with Gasteiger partial charge in [-0.1, -0.05) is 20.8 Å². The topological polar surface area (TPSA) is 58.9 Å². The van der Waals surface area contributed by atoms with E-state index in [1.54, 1.807) is 0 Å². The van der Waals surface area contributed by atoms with Gasteiger partial charge in [0.2, 0.25) is 0 Å². The highest BCUT2D eigenvalue weighted by molar-refractivity contribution is 5.60. The fourth-order valence-electron chi connectivity index (χ4n) is 4.26. The largest absolute Gasteiger partial charge is 0.308 e. The van der Waals surface area contributed by atoms with Gasteiger partial charge in [-0.05, 0) is 49.3 Å². The summed E-state index contributed by atoms with van der Waals surface area (Å²) in [6.45, 7) is 13.5. The van der Waals surface area contributed by atoms with Crippen LogP contribution in [0, 0.1) is 24.2 Å². The lowest BCUT2D eigenvalue weighted by molar-refractivity contribution is 0.239. The number of aryl methyl sites for hydroxylation is 2. The van der Waals surface area contributed by atoms with Crippen molar-refractivity contribution in [2.75, 3.05) is 19.6 Å². The highest BCUT2D eigenvalue weighted by Crippen LogP contribution is 2.45. The van der Waals surface area contributed by atoms with Crippen molar-refractivity contribution >= 4 is 0 Å². The summed E-state index contributed by atoms with van der Waals surface area (Å²) >= 11 is 0. The van der Waals surface area contributed by atoms with Crippen LogP contribution in [0.3, 0.4) is 0 Å². The number of hydrogen-bond donors (Lipinski definition) is 1. The summed E-state index contributed by atoms with van der Waals surface area (Å²) in [5, 5.41) is 16.9. The molecule has 1 aliphatic heterocycles. The van der Waals surface area contributed by atoms with Crippen LogP contribution < -0.4 is 5.32 Å². The van der Waals surface area contributed by atoms with Crippen LogP contribution in [-0.4, -0.2) is 50.6 Å². The summed E-state index contributed by atoms with van der Waals surface area (Å²) in [6.07, 6.45) is 3.27. The van der Waals surface area contributed by atoms with Gasteiger partial charge in [-0.15, -0.1) is 0 Å². The maximum absolute atomic E-state index is 4.41. The lowest BCUT2D eigenvalue weighted by Gasteiger charge is -2.25. The van der Waals surface area contributed by atoms with E-state index < -0.39 is 0 Å². The molecular weight excluding hydrogens is 336 g/mol. The standard InChI is InChI=1S/C21H32N6/c1-14-16(11-26(5)25-14)19-7-6-15(23-24-19)10-22-20-17-12-27(13-18(17)20)9-8-21(2,3)4/h6-7,11,17-18,20,22H,8-10,12-13H2,1-5H3. The van der Waals surface area contributed by atoms with Crippen molar-refractivity contribution in [1.29, 1.82) is 0 Å². The average molecular weight is 369 g/mol. The second-order valence-electron chi connectivity index (χ2n) is 9.52. The van der Waals surface area contributed by atoms with Crippen molar-refractivity contribution in [3.63, 3.8) is 0 Å². The Bertz CT molecular complexity index is 776. The Morgan fingerprint density at radius 2 is 1.89 bits per heavy atom. The smallest absolute Gasteiger partial charge is 0.0964 e. The van der Waals surface area contributed by atoms with Crippen LogP contribution in [0.1, 0.15) is 38.6 Å². The first-order valence-corrected chi connectivity index (χ1v) is 10.1. The Kier molecular flexibility index (Phi) is 4.80. The maximum atomic E-state index is 4.41. The molecule has 2 fully saturated rings. The summed E-state index contributed by atoms with van der Waals surface area (Å²) in [4.78, 5) is 2.64. The first-order chi connectivity index (χ1) is 12.8. The summed E-state index contributed by atoms with van der Waals surface area (Å²) in [6, 6.07) is 4.80. The molecule has 1 saturated carbocycles. The van der Waals surface area contributed by atoms with E-state index in [0.29, 0.717) is 11.5 Å². The Labute approximate surface area is 162 Å². The highest BCUT2D eigenvalue weighted by Gasteiger charge is 2.55. The van der Waals surface area contributed by atoms with Crippen LogP contribution in [-0.2, 0) is 13.6 Å². The molecule has 4 rings (SSSR count). The number of likely N-dealkylation sites (tertiary alicyclic amines) is 1. The van der Waals surface area contributed by atoms with Gasteiger partial charge in [0.15, 0.2) is 0 Å². The van der Waals surface area contributed by atoms with Crippen LogP contribution in [0.4, 0.5) is 0 Å². The summed E-state index contributed by atoms with van der Waals surface area (Å²) < 4.78 is 1.82. The third-order valence-corrected chi connectivity index (χ3v) is 5.98. The molecule has 0 radical (unpaired) electrons. The quantitative estimate of drug-likeness (QED) is 0.849. The minimum Gasteiger partial charge on any atom is -0.308 e. The predicted molar refractivity (Wildman–Crippen MR) is 107 cm³/mol. The van der Waals surface area contributed by atoms with Crippen molar-refractivity contribution < 1.29 is 0 Å². The molecule has 146 valence electrons. The number of hydrogen-bond acceptors (Lipinski definition) is 5. The van der Waals surface area contributed by atoms with Crippen molar-refractivity contribution in [2.24, 2.45) is 24.3 Å². The van der Waals surface area contributed by atoms with E-state index in [1.807, 2.05) is 24.9 Å². The van der Waals surface area contributed by atoms with E-state index in [9.17, 15) is 0 Å². The summed E-state index contributed by atoms with van der Waals surface area (Å²) in [5.41, 5.74) is 4.37. The molecule has 0 aromatic carbocycles. The lowest BCUT2D eigenvalue weighted by Crippen LogP contribution is -2.33. The van der Waals surface area contributed by atoms with E-state index in [0.717, 1.165) is 41.0 Å². The number of piperidine rings is 1. The summed E-state index contributed by atoms with van der Waals surface area (Å²) in [5.74, 6) is 1.66. The van der Waals surface area contributed by atoms with Gasteiger partial charge in [0.1, 0.15) is 0 Å². The molecule has 6 nitrogen and oxygen atoms in total. The minimum atomic E-state index is 0.434. The van der Waals surface area contributed by atoms with Crippen LogP contribution in [0.25, 0.3) is 11.3 Å². The maximum Gasteiger partial charge on any atom is 0.0964 e. The van der Waals surface area contributed by atoms with E-state index in [1.165, 1.54) is 26.1 Å². The third-order valence-electron chi connectivity index (χ3n) is 5.98. The van der Waals surface area contributed by atoms with Gasteiger partial charge < -0.3 is 10.2 Å². The van der Waals surface area contributed by atoms with E-state index >= 15 is 0 Å². The number of aromatic nitrogens is 4. The molecule has 3 heterocycles. The number of nitrogens with one attached hydrogen (secondary N) is 1. The van der Waals surface area contributed by atoms with Crippen LogP contribution in [0.5, 0.6) is 0 Å². The van der Waals surface area contributed by atoms with E-state index in [-0.39, 0.29) is 0 Å². The van der Waals surface area contributed by atoms with Gasteiger partial charge >= 0.3 is 0 Å². The molecule has 2 unspecified atom stereocenters. The number of rotatable bonds is 6. The van der Waals surface area contributed by atoms with E-state index in [4.69, 9.17) is 0 Å². The van der Waals surface area contributed by atoms with E-state index in [2.05, 4.69) is 58.4 Å². The van der Waals surface area contributed by atoms with Gasteiger partial charge in [-0.2, -0.15) is 15.3 Å².